The molecule has 0 aromatic rings. The predicted molar refractivity (Wildman–Crippen MR) is 189 cm³/mol. The quantitative estimate of drug-likeness (QED) is 0.0402. The molecule has 0 aromatic heterocycles. The summed E-state index contributed by atoms with van der Waals surface area (Å²) in [6.45, 7) is 6.71. The van der Waals surface area contributed by atoms with Gasteiger partial charge in [0.05, 0.1) is 19.8 Å². The van der Waals surface area contributed by atoms with Crippen LogP contribution in [0.4, 0.5) is 0 Å². The molecule has 270 valence electrons. The lowest BCUT2D eigenvalue weighted by molar-refractivity contribution is -0.154. The molecule has 2 atom stereocenters. The second kappa shape index (κ2) is 34.9. The van der Waals surface area contributed by atoms with E-state index in [0.29, 0.717) is 13.0 Å². The Labute approximate surface area is 279 Å². The number of hydrogen-bond donors (Lipinski definition) is 1. The highest BCUT2D eigenvalue weighted by atomic mass is 31.2. The molecular formula is C37H75O7P. The van der Waals surface area contributed by atoms with Crippen molar-refractivity contribution in [3.63, 3.8) is 0 Å². The molecule has 0 aliphatic heterocycles. The Bertz CT molecular complexity index is 661. The van der Waals surface area contributed by atoms with Gasteiger partial charge in [0.25, 0.3) is 0 Å². The van der Waals surface area contributed by atoms with Crippen molar-refractivity contribution in [3.05, 3.63) is 0 Å². The van der Waals surface area contributed by atoms with Crippen LogP contribution in [0, 0.1) is 0 Å². The summed E-state index contributed by atoms with van der Waals surface area (Å²) in [4.78, 5) is 22.3. The lowest BCUT2D eigenvalue weighted by Gasteiger charge is -2.19. The molecule has 0 amide bonds. The maximum Gasteiger partial charge on any atom is 0.472 e. The van der Waals surface area contributed by atoms with E-state index in [1.54, 1.807) is 6.92 Å². The maximum atomic E-state index is 12.5. The van der Waals surface area contributed by atoms with E-state index in [-0.39, 0.29) is 25.8 Å². The number of carbonyl (C=O) groups is 1. The van der Waals surface area contributed by atoms with Crippen LogP contribution in [0.15, 0.2) is 0 Å². The van der Waals surface area contributed by atoms with Gasteiger partial charge in [-0.05, 0) is 19.8 Å². The summed E-state index contributed by atoms with van der Waals surface area (Å²) < 4.78 is 33.2. The number of esters is 1. The Morgan fingerprint density at radius 2 is 0.911 bits per heavy atom. The molecule has 0 bridgehead atoms. The minimum Gasteiger partial charge on any atom is -0.457 e. The monoisotopic (exact) mass is 663 g/mol. The maximum absolute atomic E-state index is 12.5. The Kier molecular flexibility index (Phi) is 34.5. The van der Waals surface area contributed by atoms with Crippen LogP contribution in [0.2, 0.25) is 0 Å². The fourth-order valence-corrected chi connectivity index (χ4v) is 6.39. The number of hydrogen-bond acceptors (Lipinski definition) is 6. The van der Waals surface area contributed by atoms with Crippen LogP contribution in [0.25, 0.3) is 0 Å². The van der Waals surface area contributed by atoms with E-state index in [1.807, 2.05) is 0 Å². The SMILES string of the molecule is CCCCCCCCCCCCCCCCOCC(COP(=O)(O)OCC)OC(=O)CCCCCCCCCCCCCCC. The molecule has 0 saturated carbocycles. The standard InChI is InChI=1S/C37H75O7P/c1-4-7-9-11-13-15-17-19-21-23-25-27-29-31-33-41-34-36(35-43-45(39,40)42-6-3)44-37(38)32-30-28-26-24-22-20-18-16-14-12-10-8-5-2/h36H,4-35H2,1-3H3,(H,39,40). The second-order valence-electron chi connectivity index (χ2n) is 13.0. The first-order valence-electron chi connectivity index (χ1n) is 19.3. The molecule has 0 spiro atoms. The van der Waals surface area contributed by atoms with Crippen LogP contribution >= 0.6 is 7.82 Å². The van der Waals surface area contributed by atoms with E-state index in [1.165, 1.54) is 141 Å². The molecule has 2 unspecified atom stereocenters. The van der Waals surface area contributed by atoms with E-state index < -0.39 is 13.9 Å². The summed E-state index contributed by atoms with van der Waals surface area (Å²) in [6.07, 6.45) is 34.1. The lowest BCUT2D eigenvalue weighted by Crippen LogP contribution is -2.28. The molecule has 0 aliphatic rings. The lowest BCUT2D eigenvalue weighted by atomic mass is 10.0. The van der Waals surface area contributed by atoms with Gasteiger partial charge in [-0.3, -0.25) is 13.8 Å². The van der Waals surface area contributed by atoms with Crippen molar-refractivity contribution in [2.24, 2.45) is 0 Å². The average Bonchev–Trinajstić information content (AvgIpc) is 3.01. The summed E-state index contributed by atoms with van der Waals surface area (Å²) in [5.74, 6) is -0.309. The summed E-state index contributed by atoms with van der Waals surface area (Å²) in [5, 5.41) is 0. The van der Waals surface area contributed by atoms with Crippen LogP contribution < -0.4 is 0 Å². The Morgan fingerprint density at radius 1 is 0.533 bits per heavy atom. The van der Waals surface area contributed by atoms with Gasteiger partial charge < -0.3 is 14.4 Å². The molecule has 0 saturated heterocycles. The third-order valence-corrected chi connectivity index (χ3v) is 9.50. The molecule has 8 heteroatoms. The number of phosphoric acid groups is 1. The number of ether oxygens (including phenoxy) is 2. The van der Waals surface area contributed by atoms with Crippen molar-refractivity contribution < 1.29 is 32.8 Å². The van der Waals surface area contributed by atoms with Gasteiger partial charge in [-0.1, -0.05) is 174 Å². The zero-order valence-electron chi connectivity index (χ0n) is 30.0. The van der Waals surface area contributed by atoms with Crippen LogP contribution in [-0.4, -0.2) is 43.4 Å². The molecule has 0 heterocycles. The van der Waals surface area contributed by atoms with Gasteiger partial charge >= 0.3 is 13.8 Å². The third kappa shape index (κ3) is 34.7. The number of rotatable bonds is 37. The van der Waals surface area contributed by atoms with E-state index in [9.17, 15) is 14.3 Å². The molecule has 1 N–H and O–H groups in total. The minimum absolute atomic E-state index is 0.0624. The summed E-state index contributed by atoms with van der Waals surface area (Å²) in [5.41, 5.74) is 0. The Balaban J connectivity index is 3.97. The number of unbranched alkanes of at least 4 members (excludes halogenated alkanes) is 25. The zero-order valence-corrected chi connectivity index (χ0v) is 30.9. The van der Waals surface area contributed by atoms with Gasteiger partial charge in [-0.2, -0.15) is 0 Å². The highest BCUT2D eigenvalue weighted by Gasteiger charge is 2.24. The van der Waals surface area contributed by atoms with Crippen LogP contribution in [0.5, 0.6) is 0 Å². The van der Waals surface area contributed by atoms with Crippen molar-refractivity contribution in [3.8, 4) is 0 Å². The normalized spacial score (nSPS) is 13.6. The van der Waals surface area contributed by atoms with Gasteiger partial charge in [0.15, 0.2) is 0 Å². The zero-order chi connectivity index (χ0) is 33.1. The highest BCUT2D eigenvalue weighted by molar-refractivity contribution is 7.47. The van der Waals surface area contributed by atoms with E-state index >= 15 is 0 Å². The fraction of sp³-hybridized carbons (Fsp3) is 0.973. The van der Waals surface area contributed by atoms with Gasteiger partial charge in [-0.15, -0.1) is 0 Å². The molecule has 0 fully saturated rings. The predicted octanol–water partition coefficient (Wildman–Crippen LogP) is 12.0. The Hall–Kier alpha value is -0.460. The van der Waals surface area contributed by atoms with Crippen molar-refractivity contribution in [2.75, 3.05) is 26.4 Å². The van der Waals surface area contributed by atoms with Crippen molar-refractivity contribution >= 4 is 13.8 Å². The van der Waals surface area contributed by atoms with E-state index in [0.717, 1.165) is 32.1 Å². The molecule has 0 aromatic carbocycles. The summed E-state index contributed by atoms with van der Waals surface area (Å²) in [7, 11) is -4.16. The average molecular weight is 663 g/mol. The van der Waals surface area contributed by atoms with Gasteiger partial charge in [0.2, 0.25) is 0 Å². The largest absolute Gasteiger partial charge is 0.472 e. The highest BCUT2D eigenvalue weighted by Crippen LogP contribution is 2.43. The van der Waals surface area contributed by atoms with Crippen LogP contribution in [0.3, 0.4) is 0 Å². The Morgan fingerprint density at radius 3 is 1.31 bits per heavy atom. The third-order valence-electron chi connectivity index (χ3n) is 8.44. The van der Waals surface area contributed by atoms with Gasteiger partial charge in [0.1, 0.15) is 6.10 Å². The first-order chi connectivity index (χ1) is 21.9. The van der Waals surface area contributed by atoms with Gasteiger partial charge in [0, 0.05) is 13.0 Å². The van der Waals surface area contributed by atoms with Crippen molar-refractivity contribution in [1.82, 2.24) is 0 Å². The molecular weight excluding hydrogens is 587 g/mol. The minimum atomic E-state index is -4.16. The van der Waals surface area contributed by atoms with Crippen molar-refractivity contribution in [2.45, 2.75) is 207 Å². The summed E-state index contributed by atoms with van der Waals surface area (Å²) >= 11 is 0. The van der Waals surface area contributed by atoms with E-state index in [2.05, 4.69) is 13.8 Å². The van der Waals surface area contributed by atoms with Crippen LogP contribution in [0.1, 0.15) is 201 Å². The van der Waals surface area contributed by atoms with Gasteiger partial charge in [-0.25, -0.2) is 4.57 Å². The smallest absolute Gasteiger partial charge is 0.457 e. The fourth-order valence-electron chi connectivity index (χ4n) is 5.64. The molecule has 0 radical (unpaired) electrons. The van der Waals surface area contributed by atoms with Crippen molar-refractivity contribution in [1.29, 1.82) is 0 Å². The summed E-state index contributed by atoms with van der Waals surface area (Å²) in [6, 6.07) is 0. The first kappa shape index (κ1) is 44.5. The molecule has 7 nitrogen and oxygen atoms in total. The van der Waals surface area contributed by atoms with E-state index in [4.69, 9.17) is 18.5 Å². The topological polar surface area (TPSA) is 91.3 Å². The number of carbonyl (C=O) groups excluding carboxylic acids is 1. The molecule has 0 aliphatic carbocycles. The molecule has 0 rings (SSSR count). The van der Waals surface area contributed by atoms with Crippen LogP contribution in [-0.2, 0) is 27.9 Å². The second-order valence-corrected chi connectivity index (χ2v) is 14.4. The molecule has 45 heavy (non-hydrogen) atoms. The number of phosphoric ester groups is 1. The first-order valence-corrected chi connectivity index (χ1v) is 20.8.